The Labute approximate surface area is 155 Å². The van der Waals surface area contributed by atoms with E-state index >= 15 is 0 Å². The van der Waals surface area contributed by atoms with Crippen LogP contribution in [0.5, 0.6) is 5.75 Å². The molecule has 0 unspecified atom stereocenters. The molecule has 0 aliphatic carbocycles. The predicted molar refractivity (Wildman–Crippen MR) is 102 cm³/mol. The summed E-state index contributed by atoms with van der Waals surface area (Å²) in [6.07, 6.45) is 4.61. The third-order valence-corrected chi connectivity index (χ3v) is 6.72. The highest BCUT2D eigenvalue weighted by molar-refractivity contribution is 5.39. The molecule has 26 heavy (non-hydrogen) atoms. The fraction of sp³-hybridized carbons (Fsp3) is 0.500. The van der Waals surface area contributed by atoms with Gasteiger partial charge in [-0.25, -0.2) is 0 Å². The number of hydrogen-bond acceptors (Lipinski definition) is 4. The lowest BCUT2D eigenvalue weighted by atomic mass is 9.75. The zero-order valence-electron chi connectivity index (χ0n) is 15.4. The minimum Gasteiger partial charge on any atom is -0.496 e. The minimum absolute atomic E-state index is 0.517. The van der Waals surface area contributed by atoms with E-state index in [2.05, 4.69) is 51.2 Å². The molecule has 4 heteroatoms. The summed E-state index contributed by atoms with van der Waals surface area (Å²) >= 11 is 0. The van der Waals surface area contributed by atoms with Gasteiger partial charge in [0.15, 0.2) is 0 Å². The molecular formula is C22H27N3O. The fourth-order valence-corrected chi connectivity index (χ4v) is 5.67. The van der Waals surface area contributed by atoms with Crippen LogP contribution in [0, 0.1) is 5.92 Å². The van der Waals surface area contributed by atoms with Gasteiger partial charge in [0.05, 0.1) is 12.8 Å². The third kappa shape index (κ3) is 2.63. The van der Waals surface area contributed by atoms with E-state index in [-0.39, 0.29) is 0 Å². The van der Waals surface area contributed by atoms with E-state index in [4.69, 9.17) is 4.74 Å². The average molecular weight is 349 g/mol. The van der Waals surface area contributed by atoms with Gasteiger partial charge in [0.2, 0.25) is 0 Å². The van der Waals surface area contributed by atoms with Gasteiger partial charge in [-0.1, -0.05) is 24.3 Å². The molecule has 6 rings (SSSR count). The lowest BCUT2D eigenvalue weighted by Gasteiger charge is -2.51. The maximum Gasteiger partial charge on any atom is 0.122 e. The van der Waals surface area contributed by atoms with Gasteiger partial charge < -0.3 is 4.74 Å². The molecule has 1 aromatic carbocycles. The summed E-state index contributed by atoms with van der Waals surface area (Å²) in [4.78, 5) is 10.1. The number of pyridine rings is 1. The number of nitrogens with zero attached hydrogens (tertiary/aromatic N) is 3. The third-order valence-electron chi connectivity index (χ3n) is 6.72. The summed E-state index contributed by atoms with van der Waals surface area (Å²) in [5, 5.41) is 0. The molecule has 4 fully saturated rings. The second kappa shape index (κ2) is 6.67. The molecule has 4 aliphatic rings. The van der Waals surface area contributed by atoms with Crippen LogP contribution in [0.15, 0.2) is 48.7 Å². The predicted octanol–water partition coefficient (Wildman–Crippen LogP) is 3.15. The number of aromatic nitrogens is 1. The van der Waals surface area contributed by atoms with Crippen molar-refractivity contribution in [2.75, 3.05) is 26.7 Å². The number of hydrogen-bond donors (Lipinski definition) is 0. The van der Waals surface area contributed by atoms with Crippen LogP contribution in [0.2, 0.25) is 0 Å². The van der Waals surface area contributed by atoms with Gasteiger partial charge in [-0.2, -0.15) is 0 Å². The smallest absolute Gasteiger partial charge is 0.122 e. The Morgan fingerprint density at radius 3 is 2.62 bits per heavy atom. The molecule has 136 valence electrons. The molecule has 0 N–H and O–H groups in total. The largest absolute Gasteiger partial charge is 0.496 e. The van der Waals surface area contributed by atoms with Crippen LogP contribution in [-0.4, -0.2) is 53.6 Å². The summed E-state index contributed by atoms with van der Waals surface area (Å²) in [5.41, 5.74) is 2.56. The molecule has 0 saturated carbocycles. The molecule has 1 aromatic heterocycles. The van der Waals surface area contributed by atoms with Gasteiger partial charge in [-0.05, 0) is 50.0 Å². The van der Waals surface area contributed by atoms with Crippen molar-refractivity contribution in [3.63, 3.8) is 0 Å². The summed E-state index contributed by atoms with van der Waals surface area (Å²) in [6, 6.07) is 16.1. The highest BCUT2D eigenvalue weighted by Crippen LogP contribution is 2.48. The summed E-state index contributed by atoms with van der Waals surface area (Å²) < 4.78 is 5.72. The highest BCUT2D eigenvalue weighted by Gasteiger charge is 2.53. The lowest BCUT2D eigenvalue weighted by molar-refractivity contribution is -0.00907. The number of ether oxygens (including phenoxy) is 1. The normalized spacial score (nSPS) is 33.2. The Hall–Kier alpha value is -1.91. The molecule has 2 aromatic rings. The molecule has 3 atom stereocenters. The van der Waals surface area contributed by atoms with E-state index in [9.17, 15) is 0 Å². The van der Waals surface area contributed by atoms with E-state index in [0.717, 1.165) is 24.8 Å². The molecule has 5 heterocycles. The van der Waals surface area contributed by atoms with Crippen molar-refractivity contribution in [3.05, 3.63) is 59.9 Å². The number of rotatable bonds is 4. The zero-order valence-corrected chi connectivity index (χ0v) is 15.4. The van der Waals surface area contributed by atoms with Crippen LogP contribution < -0.4 is 4.74 Å². The van der Waals surface area contributed by atoms with E-state index in [1.165, 1.54) is 37.2 Å². The number of fused-ring (bicyclic) bond motifs is 2. The second-order valence-electron chi connectivity index (χ2n) is 7.95. The first kappa shape index (κ1) is 16.3. The van der Waals surface area contributed by atoms with Crippen LogP contribution in [0.1, 0.15) is 30.0 Å². The van der Waals surface area contributed by atoms with Crippen LogP contribution in [-0.2, 0) is 6.54 Å². The van der Waals surface area contributed by atoms with Gasteiger partial charge in [0.1, 0.15) is 5.75 Å². The van der Waals surface area contributed by atoms with Gasteiger partial charge in [-0.3, -0.25) is 14.8 Å². The number of benzene rings is 1. The Morgan fingerprint density at radius 1 is 1.04 bits per heavy atom. The molecule has 4 saturated heterocycles. The first-order chi connectivity index (χ1) is 12.8. The summed E-state index contributed by atoms with van der Waals surface area (Å²) in [7, 11) is 1.80. The number of piperidine rings is 3. The zero-order chi connectivity index (χ0) is 17.5. The van der Waals surface area contributed by atoms with Crippen molar-refractivity contribution in [2.45, 2.75) is 37.4 Å². The van der Waals surface area contributed by atoms with Crippen LogP contribution in [0.4, 0.5) is 0 Å². The highest BCUT2D eigenvalue weighted by atomic mass is 16.5. The van der Waals surface area contributed by atoms with E-state index in [1.807, 2.05) is 12.3 Å². The van der Waals surface area contributed by atoms with Crippen molar-refractivity contribution in [3.8, 4) is 5.75 Å². The maximum absolute atomic E-state index is 5.72. The molecule has 2 bridgehead atoms. The van der Waals surface area contributed by atoms with Crippen LogP contribution >= 0.6 is 0 Å². The topological polar surface area (TPSA) is 28.6 Å². The van der Waals surface area contributed by atoms with Gasteiger partial charge in [-0.15, -0.1) is 0 Å². The van der Waals surface area contributed by atoms with Crippen molar-refractivity contribution < 1.29 is 4.74 Å². The maximum atomic E-state index is 5.72. The van der Waals surface area contributed by atoms with E-state index < -0.39 is 0 Å². The quantitative estimate of drug-likeness (QED) is 0.848. The fourth-order valence-electron chi connectivity index (χ4n) is 5.67. The monoisotopic (exact) mass is 349 g/mol. The lowest BCUT2D eigenvalue weighted by Crippen LogP contribution is -2.60. The Morgan fingerprint density at radius 2 is 1.85 bits per heavy atom. The van der Waals surface area contributed by atoms with Crippen LogP contribution in [0.25, 0.3) is 0 Å². The number of likely N-dealkylation sites (tertiary alicyclic amines) is 1. The van der Waals surface area contributed by atoms with E-state index in [0.29, 0.717) is 18.0 Å². The van der Waals surface area contributed by atoms with Crippen molar-refractivity contribution in [1.29, 1.82) is 0 Å². The molecule has 0 radical (unpaired) electrons. The number of para-hydroxylation sites is 1. The summed E-state index contributed by atoms with van der Waals surface area (Å²) in [5.74, 6) is 2.38. The summed E-state index contributed by atoms with van der Waals surface area (Å²) in [6.45, 7) is 4.57. The Kier molecular flexibility index (Phi) is 4.18. The van der Waals surface area contributed by atoms with Gasteiger partial charge in [0, 0.05) is 42.9 Å². The standard InChI is InChI=1S/C22H27N3O/c1-26-20-8-3-2-7-18(20)19-15-25(14-17-6-4-5-11-23-17)21-16-9-12-24(13-10-16)22(19)21/h2-8,11,16,19,21-22H,9-10,12-15H2,1H3/t19-,21+,22+/m0/s1. The molecule has 0 amide bonds. The second-order valence-corrected chi connectivity index (χ2v) is 7.95. The molecule has 0 spiro atoms. The molecule has 4 aliphatic heterocycles. The Balaban J connectivity index is 1.50. The van der Waals surface area contributed by atoms with Crippen molar-refractivity contribution >= 4 is 0 Å². The van der Waals surface area contributed by atoms with Gasteiger partial charge in [0.25, 0.3) is 0 Å². The van der Waals surface area contributed by atoms with Crippen LogP contribution in [0.3, 0.4) is 0 Å². The average Bonchev–Trinajstić information content (AvgIpc) is 3.11. The Bertz CT molecular complexity index is 757. The number of methoxy groups -OCH3 is 1. The first-order valence-corrected chi connectivity index (χ1v) is 9.86. The van der Waals surface area contributed by atoms with Crippen molar-refractivity contribution in [1.82, 2.24) is 14.8 Å². The minimum atomic E-state index is 0.517. The van der Waals surface area contributed by atoms with E-state index in [1.54, 1.807) is 7.11 Å². The first-order valence-electron chi connectivity index (χ1n) is 9.86. The van der Waals surface area contributed by atoms with Gasteiger partial charge >= 0.3 is 0 Å². The van der Waals surface area contributed by atoms with Crippen molar-refractivity contribution in [2.24, 2.45) is 5.92 Å². The SMILES string of the molecule is COc1ccccc1[C@@H]1CN(Cc2ccccn2)[C@@H]2C3CCN(CC3)[C@@H]21. The molecule has 4 nitrogen and oxygen atoms in total. The molecular weight excluding hydrogens is 322 g/mol.